The first-order valence-electron chi connectivity index (χ1n) is 8.24. The zero-order valence-corrected chi connectivity index (χ0v) is 13.6. The van der Waals surface area contributed by atoms with Crippen molar-refractivity contribution in [1.82, 2.24) is 0 Å². The van der Waals surface area contributed by atoms with E-state index in [-0.39, 0.29) is 23.5 Å². The second-order valence-corrected chi connectivity index (χ2v) is 6.30. The molecule has 2 aromatic carbocycles. The maximum atomic E-state index is 12.9. The summed E-state index contributed by atoms with van der Waals surface area (Å²) in [5, 5.41) is 0. The summed E-state index contributed by atoms with van der Waals surface area (Å²) >= 11 is 0. The molecule has 0 aromatic heterocycles. The van der Waals surface area contributed by atoms with Crippen molar-refractivity contribution in [3.8, 4) is 5.75 Å². The summed E-state index contributed by atoms with van der Waals surface area (Å²) in [4.78, 5) is 12.9. The Morgan fingerprint density at radius 3 is 2.00 bits per heavy atom. The van der Waals surface area contributed by atoms with E-state index in [0.29, 0.717) is 0 Å². The van der Waals surface area contributed by atoms with Crippen LogP contribution in [0.4, 0.5) is 0 Å². The number of benzene rings is 2. The highest BCUT2D eigenvalue weighted by Gasteiger charge is 2.57. The summed E-state index contributed by atoms with van der Waals surface area (Å²) in [6.45, 7) is 0. The van der Waals surface area contributed by atoms with Crippen molar-refractivity contribution in [2.24, 2.45) is 5.92 Å². The van der Waals surface area contributed by atoms with Crippen LogP contribution in [0.25, 0.3) is 0 Å². The van der Waals surface area contributed by atoms with E-state index >= 15 is 0 Å². The van der Waals surface area contributed by atoms with Gasteiger partial charge in [0.1, 0.15) is 11.5 Å². The average Bonchev–Trinajstić information content (AvgIpc) is 3.14. The molecule has 0 amide bonds. The number of carbonyl (C=O) groups excluding carboxylic acids is 1. The standard InChI is InChI=1S/C22H19O2/c1-24-18-13-11-16(12-14-18)20-19(15-7-3-2-4-8-15)21(20)22(23)17-9-5-6-10-17/h2-14,19-21H,1H3. The lowest BCUT2D eigenvalue weighted by Crippen LogP contribution is -2.13. The molecular formula is C22H19O2. The van der Waals surface area contributed by atoms with Crippen molar-refractivity contribution in [2.45, 2.75) is 11.8 Å². The molecule has 0 spiro atoms. The molecular weight excluding hydrogens is 296 g/mol. The molecule has 0 bridgehead atoms. The summed E-state index contributed by atoms with van der Waals surface area (Å²) in [7, 11) is 1.67. The second-order valence-electron chi connectivity index (χ2n) is 6.30. The van der Waals surface area contributed by atoms with Crippen LogP contribution in [0.3, 0.4) is 0 Å². The van der Waals surface area contributed by atoms with Crippen LogP contribution >= 0.6 is 0 Å². The van der Waals surface area contributed by atoms with E-state index in [0.717, 1.165) is 11.7 Å². The predicted molar refractivity (Wildman–Crippen MR) is 93.9 cm³/mol. The van der Waals surface area contributed by atoms with Crippen molar-refractivity contribution in [1.29, 1.82) is 0 Å². The first-order valence-corrected chi connectivity index (χ1v) is 8.24. The van der Waals surface area contributed by atoms with Crippen LogP contribution in [0.5, 0.6) is 5.75 Å². The Hall–Kier alpha value is -2.09. The number of Topliss-reactive ketones (excluding diaryl/α,β-unsaturated/α-hetero) is 1. The smallest absolute Gasteiger partial charge is 0.144 e. The van der Waals surface area contributed by atoms with Crippen LogP contribution < -0.4 is 4.74 Å². The van der Waals surface area contributed by atoms with Gasteiger partial charge in [-0.3, -0.25) is 4.79 Å². The normalized spacial score (nSPS) is 26.3. The first kappa shape index (κ1) is 15.4. The summed E-state index contributed by atoms with van der Waals surface area (Å²) < 4.78 is 5.25. The molecule has 2 fully saturated rings. The Labute approximate surface area is 143 Å². The Morgan fingerprint density at radius 2 is 1.42 bits per heavy atom. The third kappa shape index (κ3) is 2.75. The van der Waals surface area contributed by atoms with Gasteiger partial charge in [0.05, 0.1) is 7.11 Å². The van der Waals surface area contributed by atoms with E-state index in [4.69, 9.17) is 4.74 Å². The van der Waals surface area contributed by atoms with Gasteiger partial charge in [-0.2, -0.15) is 0 Å². The minimum atomic E-state index is 0.0168. The summed E-state index contributed by atoms with van der Waals surface area (Å²) in [5.41, 5.74) is 2.44. The second kappa shape index (κ2) is 6.43. The molecule has 0 saturated heterocycles. The predicted octanol–water partition coefficient (Wildman–Crippen LogP) is 4.17. The summed E-state index contributed by atoms with van der Waals surface area (Å²) in [6, 6.07) is 18.5. The first-order chi connectivity index (χ1) is 11.8. The maximum absolute atomic E-state index is 12.9. The SMILES string of the molecule is COc1ccc(C2C(C(=O)[C]3[CH][CH][CH][CH]3)C2c2ccccc2)cc1. The largest absolute Gasteiger partial charge is 0.497 e. The number of carbonyl (C=O) groups is 1. The average molecular weight is 315 g/mol. The van der Waals surface area contributed by atoms with Gasteiger partial charge in [0.25, 0.3) is 0 Å². The van der Waals surface area contributed by atoms with Gasteiger partial charge in [-0.1, -0.05) is 42.5 Å². The molecule has 5 radical (unpaired) electrons. The van der Waals surface area contributed by atoms with E-state index in [9.17, 15) is 4.79 Å². The van der Waals surface area contributed by atoms with Gasteiger partial charge in [0, 0.05) is 23.7 Å². The zero-order chi connectivity index (χ0) is 16.5. The van der Waals surface area contributed by atoms with Gasteiger partial charge in [0.2, 0.25) is 0 Å². The fourth-order valence-corrected chi connectivity index (χ4v) is 3.70. The molecule has 3 atom stereocenters. The van der Waals surface area contributed by atoms with E-state index in [1.54, 1.807) is 7.11 Å². The van der Waals surface area contributed by atoms with Gasteiger partial charge in [-0.15, -0.1) is 0 Å². The molecule has 2 aliphatic rings. The third-order valence-electron chi connectivity index (χ3n) is 4.95. The number of ketones is 1. The Bertz CT molecular complexity index is 699. The number of rotatable bonds is 5. The Kier molecular flexibility index (Phi) is 4.13. The Morgan fingerprint density at radius 1 is 0.833 bits per heavy atom. The minimum absolute atomic E-state index is 0.0168. The van der Waals surface area contributed by atoms with Crippen LogP contribution in [-0.4, -0.2) is 12.9 Å². The van der Waals surface area contributed by atoms with Crippen LogP contribution in [0, 0.1) is 37.5 Å². The lowest BCUT2D eigenvalue weighted by molar-refractivity contribution is -0.118. The number of ether oxygens (including phenoxy) is 1. The van der Waals surface area contributed by atoms with Crippen molar-refractivity contribution in [3.63, 3.8) is 0 Å². The molecule has 2 nitrogen and oxygen atoms in total. The topological polar surface area (TPSA) is 26.3 Å². The van der Waals surface area contributed by atoms with Crippen LogP contribution in [0.15, 0.2) is 54.6 Å². The number of hydrogen-bond acceptors (Lipinski definition) is 2. The third-order valence-corrected chi connectivity index (χ3v) is 4.95. The molecule has 4 rings (SSSR count). The lowest BCUT2D eigenvalue weighted by Gasteiger charge is -2.06. The summed E-state index contributed by atoms with van der Waals surface area (Å²) in [5.74, 6) is 2.41. The van der Waals surface area contributed by atoms with Gasteiger partial charge in [-0.05, 0) is 48.9 Å². The molecule has 2 saturated carbocycles. The van der Waals surface area contributed by atoms with Crippen molar-refractivity contribution in [2.75, 3.05) is 7.11 Å². The molecule has 24 heavy (non-hydrogen) atoms. The molecule has 0 heterocycles. The van der Waals surface area contributed by atoms with Crippen LogP contribution in [-0.2, 0) is 4.79 Å². The highest BCUT2D eigenvalue weighted by molar-refractivity contribution is 6.02. The molecule has 119 valence electrons. The van der Waals surface area contributed by atoms with Gasteiger partial charge >= 0.3 is 0 Å². The molecule has 0 aliphatic heterocycles. The fraction of sp³-hybridized carbons (Fsp3) is 0.182. The van der Waals surface area contributed by atoms with E-state index in [1.807, 2.05) is 56.0 Å². The molecule has 2 aromatic rings. The molecule has 0 N–H and O–H groups in total. The highest BCUT2D eigenvalue weighted by Crippen LogP contribution is 2.62. The molecule has 2 heteroatoms. The van der Waals surface area contributed by atoms with E-state index in [2.05, 4.69) is 24.3 Å². The van der Waals surface area contributed by atoms with Crippen molar-refractivity contribution < 1.29 is 9.53 Å². The molecule has 3 unspecified atom stereocenters. The van der Waals surface area contributed by atoms with E-state index in [1.165, 1.54) is 11.1 Å². The van der Waals surface area contributed by atoms with E-state index < -0.39 is 0 Å². The Balaban J connectivity index is 1.62. The van der Waals surface area contributed by atoms with Crippen LogP contribution in [0.1, 0.15) is 23.0 Å². The quantitative estimate of drug-likeness (QED) is 0.828. The molecule has 2 aliphatic carbocycles. The zero-order valence-electron chi connectivity index (χ0n) is 13.6. The maximum Gasteiger partial charge on any atom is 0.144 e. The number of methoxy groups -OCH3 is 1. The summed E-state index contributed by atoms with van der Waals surface area (Å²) in [6.07, 6.45) is 7.67. The lowest BCUT2D eigenvalue weighted by atomic mass is 9.96. The van der Waals surface area contributed by atoms with Gasteiger partial charge < -0.3 is 4.74 Å². The monoisotopic (exact) mass is 315 g/mol. The fourth-order valence-electron chi connectivity index (χ4n) is 3.70. The van der Waals surface area contributed by atoms with Crippen LogP contribution in [0.2, 0.25) is 0 Å². The van der Waals surface area contributed by atoms with Gasteiger partial charge in [-0.25, -0.2) is 0 Å². The van der Waals surface area contributed by atoms with Crippen molar-refractivity contribution in [3.05, 3.63) is 97.3 Å². The van der Waals surface area contributed by atoms with Crippen molar-refractivity contribution >= 4 is 5.78 Å². The number of hydrogen-bond donors (Lipinski definition) is 0. The van der Waals surface area contributed by atoms with Gasteiger partial charge in [0.15, 0.2) is 0 Å². The highest BCUT2D eigenvalue weighted by atomic mass is 16.5. The minimum Gasteiger partial charge on any atom is -0.497 e.